The molecular formula is C35H40FN3O6. The van der Waals surface area contributed by atoms with E-state index >= 15 is 0 Å². The van der Waals surface area contributed by atoms with E-state index in [1.54, 1.807) is 24.5 Å². The number of halogens is 1. The first kappa shape index (κ1) is 32.1. The zero-order valence-electron chi connectivity index (χ0n) is 25.1. The van der Waals surface area contributed by atoms with Gasteiger partial charge in [0, 0.05) is 30.9 Å². The normalized spacial score (nSPS) is 22.0. The van der Waals surface area contributed by atoms with Crippen LogP contribution in [0.5, 0.6) is 0 Å². The molecule has 4 atom stereocenters. The molecule has 5 rings (SSSR count). The van der Waals surface area contributed by atoms with Gasteiger partial charge in [0.25, 0.3) is 0 Å². The minimum Gasteiger partial charge on any atom is -0.481 e. The van der Waals surface area contributed by atoms with Crippen LogP contribution in [0, 0.1) is 11.8 Å². The SMILES string of the molecule is O=C(O)C(CCCC1=CC=C([C@@H]2[C@@H](CC[C@H](O)C3=CCC(F)C=C3)C(=O)N2c2ccc(CCc3ncc[nH]3)cc2)CC1)C(=O)O. The first-order valence-electron chi connectivity index (χ1n) is 15.7. The van der Waals surface area contributed by atoms with E-state index in [2.05, 4.69) is 9.97 Å². The molecule has 2 heterocycles. The summed E-state index contributed by atoms with van der Waals surface area (Å²) in [6, 6.07) is 7.86. The molecule has 1 fully saturated rings. The van der Waals surface area contributed by atoms with Gasteiger partial charge in [0.2, 0.25) is 5.91 Å². The highest BCUT2D eigenvalue weighted by atomic mass is 19.1. The summed E-state index contributed by atoms with van der Waals surface area (Å²) in [5.41, 5.74) is 4.89. The number of aryl methyl sites for hydroxylation is 2. The lowest BCUT2D eigenvalue weighted by Crippen LogP contribution is -2.62. The monoisotopic (exact) mass is 617 g/mol. The number of aromatic nitrogens is 2. The average Bonchev–Trinajstić information content (AvgIpc) is 3.56. The fourth-order valence-electron chi connectivity index (χ4n) is 6.46. The van der Waals surface area contributed by atoms with E-state index < -0.39 is 30.1 Å². The van der Waals surface area contributed by atoms with Crippen molar-refractivity contribution in [2.24, 2.45) is 11.8 Å². The second-order valence-electron chi connectivity index (χ2n) is 12.1. The molecule has 0 radical (unpaired) electrons. The summed E-state index contributed by atoms with van der Waals surface area (Å²) in [6.45, 7) is 0. The molecule has 1 aromatic carbocycles. The van der Waals surface area contributed by atoms with Gasteiger partial charge in [-0.3, -0.25) is 14.4 Å². The highest BCUT2D eigenvalue weighted by Crippen LogP contribution is 2.42. The molecule has 4 N–H and O–H groups in total. The summed E-state index contributed by atoms with van der Waals surface area (Å²) in [7, 11) is 0. The van der Waals surface area contributed by atoms with Crippen LogP contribution in [-0.4, -0.2) is 61.5 Å². The van der Waals surface area contributed by atoms with E-state index in [0.717, 1.165) is 53.9 Å². The van der Waals surface area contributed by atoms with E-state index in [1.807, 2.05) is 41.3 Å². The van der Waals surface area contributed by atoms with Crippen molar-refractivity contribution < 1.29 is 34.1 Å². The number of hydrogen-bond acceptors (Lipinski definition) is 5. The maximum Gasteiger partial charge on any atom is 0.317 e. The van der Waals surface area contributed by atoms with E-state index in [-0.39, 0.29) is 30.7 Å². The molecule has 3 aliphatic rings. The number of aliphatic carboxylic acids is 2. The van der Waals surface area contributed by atoms with E-state index in [9.17, 15) is 23.9 Å². The molecule has 1 aliphatic heterocycles. The first-order chi connectivity index (χ1) is 21.7. The zero-order valence-corrected chi connectivity index (χ0v) is 25.1. The number of carbonyl (C=O) groups excluding carboxylic acids is 1. The number of alkyl halides is 1. The Hall–Kier alpha value is -4.31. The second-order valence-corrected chi connectivity index (χ2v) is 12.1. The molecule has 0 spiro atoms. The van der Waals surface area contributed by atoms with Crippen LogP contribution in [-0.2, 0) is 27.2 Å². The summed E-state index contributed by atoms with van der Waals surface area (Å²) < 4.78 is 13.5. The van der Waals surface area contributed by atoms with Gasteiger partial charge in [0.05, 0.1) is 18.1 Å². The number of carbonyl (C=O) groups is 3. The number of nitrogens with zero attached hydrogens (tertiary/aromatic N) is 2. The smallest absolute Gasteiger partial charge is 0.317 e. The lowest BCUT2D eigenvalue weighted by atomic mass is 9.75. The highest BCUT2D eigenvalue weighted by molar-refractivity contribution is 6.04. The Labute approximate surface area is 261 Å². The molecule has 0 saturated carbocycles. The summed E-state index contributed by atoms with van der Waals surface area (Å²) in [5, 5.41) is 29.1. The molecule has 2 aromatic rings. The predicted octanol–water partition coefficient (Wildman–Crippen LogP) is 5.49. The molecule has 2 aliphatic carbocycles. The third-order valence-corrected chi connectivity index (χ3v) is 9.08. The van der Waals surface area contributed by atoms with Gasteiger partial charge in [-0.25, -0.2) is 9.37 Å². The largest absolute Gasteiger partial charge is 0.481 e. The highest BCUT2D eigenvalue weighted by Gasteiger charge is 2.49. The van der Waals surface area contributed by atoms with Crippen molar-refractivity contribution in [3.63, 3.8) is 0 Å². The Morgan fingerprint density at radius 2 is 1.82 bits per heavy atom. The van der Waals surface area contributed by atoms with Crippen LogP contribution in [0.15, 0.2) is 83.8 Å². The number of anilines is 1. The summed E-state index contributed by atoms with van der Waals surface area (Å²) in [5.74, 6) is -3.40. The number of H-pyrrole nitrogens is 1. The maximum absolute atomic E-state index is 13.6. The van der Waals surface area contributed by atoms with Crippen LogP contribution < -0.4 is 4.90 Å². The summed E-state index contributed by atoms with van der Waals surface area (Å²) >= 11 is 0. The third-order valence-electron chi connectivity index (χ3n) is 9.08. The average molecular weight is 618 g/mol. The zero-order chi connectivity index (χ0) is 31.9. The molecule has 238 valence electrons. The number of benzene rings is 1. The van der Waals surface area contributed by atoms with Crippen molar-refractivity contribution >= 4 is 23.5 Å². The molecule has 10 heteroatoms. The van der Waals surface area contributed by atoms with Crippen LogP contribution >= 0.6 is 0 Å². The Morgan fingerprint density at radius 3 is 2.44 bits per heavy atom. The van der Waals surface area contributed by atoms with Gasteiger partial charge in [-0.15, -0.1) is 0 Å². The Balaban J connectivity index is 1.27. The molecular weight excluding hydrogens is 577 g/mol. The molecule has 1 amide bonds. The molecule has 1 aromatic heterocycles. The van der Waals surface area contributed by atoms with Crippen LogP contribution in [0.2, 0.25) is 0 Å². The number of imidazole rings is 1. The van der Waals surface area contributed by atoms with Crippen molar-refractivity contribution in [1.82, 2.24) is 9.97 Å². The number of rotatable bonds is 15. The second kappa shape index (κ2) is 14.6. The molecule has 1 saturated heterocycles. The van der Waals surface area contributed by atoms with Crippen LogP contribution in [0.3, 0.4) is 0 Å². The summed E-state index contributed by atoms with van der Waals surface area (Å²) in [6.07, 6.45) is 16.0. The number of β-lactam (4-membered cyclic amide) rings is 1. The molecule has 9 nitrogen and oxygen atoms in total. The van der Waals surface area contributed by atoms with Crippen molar-refractivity contribution in [3.05, 3.63) is 95.1 Å². The summed E-state index contributed by atoms with van der Waals surface area (Å²) in [4.78, 5) is 45.3. The van der Waals surface area contributed by atoms with Gasteiger partial charge >= 0.3 is 11.9 Å². The number of carboxylic acid groups (broad SMARTS) is 2. The number of hydrogen-bond donors (Lipinski definition) is 4. The Morgan fingerprint density at radius 1 is 1.04 bits per heavy atom. The van der Waals surface area contributed by atoms with E-state index in [0.29, 0.717) is 31.3 Å². The minimum absolute atomic E-state index is 0.0107. The first-order valence-corrected chi connectivity index (χ1v) is 15.7. The van der Waals surface area contributed by atoms with Gasteiger partial charge in [0.1, 0.15) is 12.0 Å². The standard InChI is InChI=1S/C35H40FN3O6/c36-26-13-11-24(12-14-26)30(40)18-17-28-32(25-9-4-22(5-10-25)2-1-3-29(34(42)43)35(44)45)39(33(28)41)27-15-6-23(7-16-27)8-19-31-37-20-21-38-31/h4,6-7,9,11-13,15-16,20-21,26,28-30,32,40H,1-3,5,8,10,14,17-19H2,(H,37,38)(H,42,43)(H,44,45)/t26?,28-,30+,32-/m1/s1. The molecule has 0 bridgehead atoms. The number of aliphatic hydroxyl groups excluding tert-OH is 1. The van der Waals surface area contributed by atoms with Gasteiger partial charge in [-0.2, -0.15) is 0 Å². The number of aromatic amines is 1. The van der Waals surface area contributed by atoms with E-state index in [1.165, 1.54) is 6.08 Å². The molecule has 1 unspecified atom stereocenters. The van der Waals surface area contributed by atoms with Gasteiger partial charge in [0.15, 0.2) is 5.92 Å². The van der Waals surface area contributed by atoms with Crippen LogP contribution in [0.4, 0.5) is 10.1 Å². The number of nitrogens with one attached hydrogen (secondary N) is 1. The van der Waals surface area contributed by atoms with Crippen molar-refractivity contribution in [2.45, 2.75) is 82.5 Å². The fraction of sp³-hybridized carbons (Fsp3) is 0.429. The van der Waals surface area contributed by atoms with Gasteiger partial charge in [-0.05, 0) is 80.2 Å². The lowest BCUT2D eigenvalue weighted by Gasteiger charge is -2.49. The van der Waals surface area contributed by atoms with Crippen molar-refractivity contribution in [3.8, 4) is 0 Å². The topological polar surface area (TPSA) is 144 Å². The number of aliphatic hydroxyl groups is 1. The van der Waals surface area contributed by atoms with Crippen LogP contribution in [0.25, 0.3) is 0 Å². The fourth-order valence-corrected chi connectivity index (χ4v) is 6.46. The van der Waals surface area contributed by atoms with Gasteiger partial charge in [-0.1, -0.05) is 48.1 Å². The quantitative estimate of drug-likeness (QED) is 0.153. The maximum atomic E-state index is 13.6. The third kappa shape index (κ3) is 7.86. The number of carboxylic acids is 2. The number of allylic oxidation sites excluding steroid dienone is 5. The minimum atomic E-state index is -1.40. The van der Waals surface area contributed by atoms with Gasteiger partial charge < -0.3 is 25.2 Å². The number of amides is 1. The van der Waals surface area contributed by atoms with Crippen molar-refractivity contribution in [1.29, 1.82) is 0 Å². The molecule has 45 heavy (non-hydrogen) atoms. The van der Waals surface area contributed by atoms with Crippen LogP contribution in [0.1, 0.15) is 62.8 Å². The predicted molar refractivity (Wildman–Crippen MR) is 167 cm³/mol. The lowest BCUT2D eigenvalue weighted by molar-refractivity contribution is -0.154. The Bertz CT molecular complexity index is 1480. The van der Waals surface area contributed by atoms with Crippen molar-refractivity contribution in [2.75, 3.05) is 4.90 Å². The van der Waals surface area contributed by atoms with E-state index in [4.69, 9.17) is 10.2 Å². The Kier molecular flexibility index (Phi) is 10.4.